The Morgan fingerprint density at radius 1 is 0.824 bits per heavy atom. The monoisotopic (exact) mass is 229 g/mol. The Labute approximate surface area is 105 Å². The fraction of sp³-hybridized carbons (Fsp3) is 0.625. The van der Waals surface area contributed by atoms with Crippen LogP contribution >= 0.6 is 0 Å². The summed E-state index contributed by atoms with van der Waals surface area (Å²) >= 11 is 0. The van der Waals surface area contributed by atoms with Crippen LogP contribution in [0.25, 0.3) is 0 Å². The molecule has 1 heterocycles. The van der Waals surface area contributed by atoms with Gasteiger partial charge in [-0.25, -0.2) is 0 Å². The molecule has 1 saturated heterocycles. The molecule has 2 fully saturated rings. The van der Waals surface area contributed by atoms with Crippen molar-refractivity contribution in [3.05, 3.63) is 35.9 Å². The molecule has 1 aliphatic carbocycles. The van der Waals surface area contributed by atoms with E-state index in [1.54, 1.807) is 5.56 Å². The maximum Gasteiger partial charge on any atom is 0.0164 e. The van der Waals surface area contributed by atoms with Gasteiger partial charge in [0.2, 0.25) is 0 Å². The van der Waals surface area contributed by atoms with E-state index in [1.807, 2.05) is 0 Å². The Bertz CT molecular complexity index is 340. The Kier molecular flexibility index (Phi) is 3.46. The van der Waals surface area contributed by atoms with Crippen molar-refractivity contribution in [1.29, 1.82) is 0 Å². The van der Waals surface area contributed by atoms with Crippen molar-refractivity contribution < 1.29 is 0 Å². The van der Waals surface area contributed by atoms with Gasteiger partial charge in [-0.3, -0.25) is 4.90 Å². The van der Waals surface area contributed by atoms with E-state index in [9.17, 15) is 0 Å². The summed E-state index contributed by atoms with van der Waals surface area (Å²) in [5.41, 5.74) is 1.57. The van der Waals surface area contributed by atoms with Crippen molar-refractivity contribution in [2.24, 2.45) is 0 Å². The zero-order chi connectivity index (χ0) is 11.5. The SMILES string of the molecule is c1ccc([C@@H]2CCCC[C@@H]2N2CCCC2)cc1. The van der Waals surface area contributed by atoms with E-state index in [0.717, 1.165) is 12.0 Å². The first-order valence-electron chi connectivity index (χ1n) is 7.24. The molecule has 0 amide bonds. The lowest BCUT2D eigenvalue weighted by Gasteiger charge is -2.38. The molecule has 0 radical (unpaired) electrons. The minimum atomic E-state index is 0.794. The summed E-state index contributed by atoms with van der Waals surface area (Å²) < 4.78 is 0. The average molecular weight is 229 g/mol. The van der Waals surface area contributed by atoms with Crippen LogP contribution in [-0.4, -0.2) is 24.0 Å². The molecule has 0 aromatic heterocycles. The number of nitrogens with zero attached hydrogens (tertiary/aromatic N) is 1. The van der Waals surface area contributed by atoms with Gasteiger partial charge in [-0.15, -0.1) is 0 Å². The van der Waals surface area contributed by atoms with E-state index >= 15 is 0 Å². The summed E-state index contributed by atoms with van der Waals surface area (Å²) in [6.07, 6.45) is 8.50. The molecule has 0 spiro atoms. The van der Waals surface area contributed by atoms with Gasteiger partial charge < -0.3 is 0 Å². The first kappa shape index (κ1) is 11.3. The normalized spacial score (nSPS) is 30.6. The Hall–Kier alpha value is -0.820. The van der Waals surface area contributed by atoms with E-state index < -0.39 is 0 Å². The molecule has 92 valence electrons. The lowest BCUT2D eigenvalue weighted by atomic mass is 9.79. The third-order valence-corrected chi connectivity index (χ3v) is 4.57. The number of hydrogen-bond donors (Lipinski definition) is 0. The number of benzene rings is 1. The molecule has 0 bridgehead atoms. The Morgan fingerprint density at radius 3 is 2.29 bits per heavy atom. The molecule has 1 saturated carbocycles. The minimum absolute atomic E-state index is 0.794. The summed E-state index contributed by atoms with van der Waals surface area (Å²) in [6.45, 7) is 2.68. The zero-order valence-electron chi connectivity index (χ0n) is 10.6. The highest BCUT2D eigenvalue weighted by Gasteiger charge is 2.32. The van der Waals surface area contributed by atoms with Gasteiger partial charge in [0.1, 0.15) is 0 Å². The van der Waals surface area contributed by atoms with E-state index in [1.165, 1.54) is 51.6 Å². The highest BCUT2D eigenvalue weighted by atomic mass is 15.2. The molecule has 0 N–H and O–H groups in total. The van der Waals surface area contributed by atoms with Gasteiger partial charge in [-0.2, -0.15) is 0 Å². The molecule has 1 aliphatic heterocycles. The third kappa shape index (κ3) is 2.40. The van der Waals surface area contributed by atoms with Gasteiger partial charge >= 0.3 is 0 Å². The van der Waals surface area contributed by atoms with Gasteiger partial charge in [-0.1, -0.05) is 43.2 Å². The Morgan fingerprint density at radius 2 is 1.53 bits per heavy atom. The largest absolute Gasteiger partial charge is 0.300 e. The molecule has 0 unspecified atom stereocenters. The van der Waals surface area contributed by atoms with Gasteiger partial charge in [0.25, 0.3) is 0 Å². The van der Waals surface area contributed by atoms with Crippen LogP contribution in [0.1, 0.15) is 50.0 Å². The number of hydrogen-bond acceptors (Lipinski definition) is 1. The third-order valence-electron chi connectivity index (χ3n) is 4.57. The van der Waals surface area contributed by atoms with Crippen LogP contribution in [0, 0.1) is 0 Å². The minimum Gasteiger partial charge on any atom is -0.300 e. The fourth-order valence-electron chi connectivity index (χ4n) is 3.71. The van der Waals surface area contributed by atoms with Crippen molar-refractivity contribution in [2.45, 2.75) is 50.5 Å². The highest BCUT2D eigenvalue weighted by molar-refractivity contribution is 5.22. The molecule has 1 aromatic carbocycles. The van der Waals surface area contributed by atoms with Gasteiger partial charge in [-0.05, 0) is 50.3 Å². The topological polar surface area (TPSA) is 3.24 Å². The molecule has 1 aromatic rings. The predicted molar refractivity (Wildman–Crippen MR) is 72.2 cm³/mol. The van der Waals surface area contributed by atoms with Crippen molar-refractivity contribution >= 4 is 0 Å². The molecule has 1 heteroatoms. The number of likely N-dealkylation sites (tertiary alicyclic amines) is 1. The molecular weight excluding hydrogens is 206 g/mol. The molecule has 2 aliphatic rings. The maximum atomic E-state index is 2.76. The van der Waals surface area contributed by atoms with Crippen LogP contribution in [-0.2, 0) is 0 Å². The quantitative estimate of drug-likeness (QED) is 0.745. The van der Waals surface area contributed by atoms with E-state index in [2.05, 4.69) is 35.2 Å². The molecule has 2 atom stereocenters. The standard InChI is InChI=1S/C16H23N/c1-2-8-14(9-3-1)15-10-4-5-11-16(15)17-12-6-7-13-17/h1-3,8-9,15-16H,4-7,10-13H2/t15-,16-/m0/s1. The molecule has 1 nitrogen and oxygen atoms in total. The fourth-order valence-corrected chi connectivity index (χ4v) is 3.71. The lowest BCUT2D eigenvalue weighted by molar-refractivity contribution is 0.166. The second kappa shape index (κ2) is 5.22. The van der Waals surface area contributed by atoms with Crippen molar-refractivity contribution in [2.75, 3.05) is 13.1 Å². The smallest absolute Gasteiger partial charge is 0.0164 e. The second-order valence-electron chi connectivity index (χ2n) is 5.61. The van der Waals surface area contributed by atoms with Crippen LogP contribution < -0.4 is 0 Å². The Balaban J connectivity index is 1.80. The molecular formula is C16H23N. The summed E-state index contributed by atoms with van der Waals surface area (Å²) in [6, 6.07) is 12.0. The summed E-state index contributed by atoms with van der Waals surface area (Å²) in [5, 5.41) is 0. The van der Waals surface area contributed by atoms with Crippen LogP contribution in [0.15, 0.2) is 30.3 Å². The van der Waals surface area contributed by atoms with Gasteiger partial charge in [0.15, 0.2) is 0 Å². The first-order valence-corrected chi connectivity index (χ1v) is 7.24. The van der Waals surface area contributed by atoms with Crippen molar-refractivity contribution in [3.63, 3.8) is 0 Å². The summed E-state index contributed by atoms with van der Waals surface area (Å²) in [5.74, 6) is 0.794. The van der Waals surface area contributed by atoms with Crippen LogP contribution in [0.5, 0.6) is 0 Å². The van der Waals surface area contributed by atoms with Crippen LogP contribution in [0.2, 0.25) is 0 Å². The average Bonchev–Trinajstić information content (AvgIpc) is 2.94. The summed E-state index contributed by atoms with van der Waals surface area (Å²) in [7, 11) is 0. The lowest BCUT2D eigenvalue weighted by Crippen LogP contribution is -2.39. The maximum absolute atomic E-state index is 2.76. The molecule has 17 heavy (non-hydrogen) atoms. The van der Waals surface area contributed by atoms with Crippen LogP contribution in [0.3, 0.4) is 0 Å². The second-order valence-corrected chi connectivity index (χ2v) is 5.61. The van der Waals surface area contributed by atoms with E-state index in [-0.39, 0.29) is 0 Å². The van der Waals surface area contributed by atoms with E-state index in [0.29, 0.717) is 0 Å². The highest BCUT2D eigenvalue weighted by Crippen LogP contribution is 2.37. The zero-order valence-corrected chi connectivity index (χ0v) is 10.6. The van der Waals surface area contributed by atoms with Gasteiger partial charge in [0.05, 0.1) is 0 Å². The predicted octanol–water partition coefficient (Wildman–Crippen LogP) is 3.81. The summed E-state index contributed by atoms with van der Waals surface area (Å²) in [4.78, 5) is 2.76. The van der Waals surface area contributed by atoms with Crippen molar-refractivity contribution in [1.82, 2.24) is 4.90 Å². The van der Waals surface area contributed by atoms with Crippen molar-refractivity contribution in [3.8, 4) is 0 Å². The van der Waals surface area contributed by atoms with Gasteiger partial charge in [0, 0.05) is 6.04 Å². The first-order chi connectivity index (χ1) is 8.45. The van der Waals surface area contributed by atoms with E-state index in [4.69, 9.17) is 0 Å². The number of rotatable bonds is 2. The van der Waals surface area contributed by atoms with Crippen LogP contribution in [0.4, 0.5) is 0 Å². The molecule has 3 rings (SSSR count).